The van der Waals surface area contributed by atoms with E-state index in [-0.39, 0.29) is 15.5 Å². The topological polar surface area (TPSA) is 92.8 Å². The van der Waals surface area contributed by atoms with Crippen LogP contribution in [0.5, 0.6) is 0 Å². The van der Waals surface area contributed by atoms with E-state index in [4.69, 9.17) is 16.3 Å². The Hall–Kier alpha value is -2.42. The molecule has 0 radical (unpaired) electrons. The molecule has 0 atom stereocenters. The van der Waals surface area contributed by atoms with Crippen LogP contribution in [0.3, 0.4) is 0 Å². The van der Waals surface area contributed by atoms with E-state index in [9.17, 15) is 18.0 Å². The summed E-state index contributed by atoms with van der Waals surface area (Å²) in [5.41, 5.74) is 1.59. The summed E-state index contributed by atoms with van der Waals surface area (Å²) < 4.78 is 31.6. The van der Waals surface area contributed by atoms with E-state index >= 15 is 0 Å². The molecule has 0 aliphatic rings. The van der Waals surface area contributed by atoms with E-state index in [0.717, 1.165) is 12.0 Å². The van der Waals surface area contributed by atoms with Gasteiger partial charge in [-0.2, -0.15) is 4.31 Å². The van der Waals surface area contributed by atoms with E-state index in [1.807, 2.05) is 19.1 Å². The average Bonchev–Trinajstić information content (AvgIpc) is 2.73. The summed E-state index contributed by atoms with van der Waals surface area (Å²) in [7, 11) is -3.76. The van der Waals surface area contributed by atoms with Crippen molar-refractivity contribution in [1.29, 1.82) is 0 Å². The Morgan fingerprint density at radius 3 is 2.23 bits per heavy atom. The first kappa shape index (κ1) is 23.9. The second-order valence-electron chi connectivity index (χ2n) is 6.41. The second-order valence-corrected chi connectivity index (χ2v) is 8.75. The molecule has 0 fully saturated rings. The molecule has 30 heavy (non-hydrogen) atoms. The quantitative estimate of drug-likeness (QED) is 0.585. The predicted octanol–water partition coefficient (Wildman–Crippen LogP) is 3.73. The minimum Gasteiger partial charge on any atom is -0.452 e. The summed E-state index contributed by atoms with van der Waals surface area (Å²) in [6, 6.07) is 11.1. The Morgan fingerprint density at radius 2 is 1.67 bits per heavy atom. The first-order chi connectivity index (χ1) is 14.2. The summed E-state index contributed by atoms with van der Waals surface area (Å²) >= 11 is 6.05. The molecule has 0 aromatic heterocycles. The molecule has 1 amide bonds. The van der Waals surface area contributed by atoms with Crippen molar-refractivity contribution in [2.45, 2.75) is 32.1 Å². The van der Waals surface area contributed by atoms with Crippen LogP contribution in [0.15, 0.2) is 47.4 Å². The number of anilines is 1. The van der Waals surface area contributed by atoms with Gasteiger partial charge in [-0.3, -0.25) is 4.79 Å². The zero-order valence-corrected chi connectivity index (χ0v) is 18.7. The number of ether oxygens (including phenoxy) is 1. The maximum atomic E-state index is 12.7. The highest BCUT2D eigenvalue weighted by Gasteiger charge is 2.24. The van der Waals surface area contributed by atoms with Gasteiger partial charge in [0, 0.05) is 18.8 Å². The normalized spacial score (nSPS) is 11.4. The molecule has 0 saturated heterocycles. The van der Waals surface area contributed by atoms with Crippen LogP contribution < -0.4 is 5.32 Å². The Kier molecular flexibility index (Phi) is 8.40. The van der Waals surface area contributed by atoms with Gasteiger partial charge in [-0.05, 0) is 42.3 Å². The van der Waals surface area contributed by atoms with Crippen molar-refractivity contribution < 1.29 is 22.7 Å². The molecule has 0 spiro atoms. The van der Waals surface area contributed by atoms with E-state index in [2.05, 4.69) is 5.32 Å². The predicted molar refractivity (Wildman–Crippen MR) is 116 cm³/mol. The van der Waals surface area contributed by atoms with Gasteiger partial charge in [-0.15, -0.1) is 0 Å². The molecule has 162 valence electrons. The lowest BCUT2D eigenvalue weighted by Crippen LogP contribution is -2.30. The lowest BCUT2D eigenvalue weighted by atomic mass is 10.1. The monoisotopic (exact) mass is 452 g/mol. The van der Waals surface area contributed by atoms with Gasteiger partial charge in [0.2, 0.25) is 10.0 Å². The summed E-state index contributed by atoms with van der Waals surface area (Å²) in [6.07, 6.45) is 0.885. The first-order valence-electron chi connectivity index (χ1n) is 9.58. The molecular weight excluding hydrogens is 428 g/mol. The third-order valence-corrected chi connectivity index (χ3v) is 6.86. The summed E-state index contributed by atoms with van der Waals surface area (Å²) in [5, 5.41) is 2.66. The number of hydrogen-bond acceptors (Lipinski definition) is 5. The number of amides is 1. The van der Waals surface area contributed by atoms with Crippen LogP contribution in [-0.2, 0) is 26.0 Å². The van der Waals surface area contributed by atoms with Crippen molar-refractivity contribution in [3.05, 3.63) is 58.6 Å². The summed E-state index contributed by atoms with van der Waals surface area (Å²) in [5.74, 6) is -1.40. The van der Waals surface area contributed by atoms with E-state index in [0.29, 0.717) is 18.8 Å². The van der Waals surface area contributed by atoms with E-state index in [1.165, 1.54) is 22.5 Å². The van der Waals surface area contributed by atoms with Crippen LogP contribution in [0.4, 0.5) is 5.69 Å². The number of sulfonamides is 1. The molecule has 0 saturated carbocycles. The van der Waals surface area contributed by atoms with Crippen molar-refractivity contribution >= 4 is 39.2 Å². The van der Waals surface area contributed by atoms with Crippen LogP contribution in [0.1, 0.15) is 36.7 Å². The highest BCUT2D eigenvalue weighted by molar-refractivity contribution is 7.89. The third-order valence-electron chi connectivity index (χ3n) is 4.48. The van der Waals surface area contributed by atoms with E-state index < -0.39 is 28.5 Å². The van der Waals surface area contributed by atoms with Crippen LogP contribution in [0.25, 0.3) is 0 Å². The largest absolute Gasteiger partial charge is 0.452 e. The third kappa shape index (κ3) is 5.81. The van der Waals surface area contributed by atoms with Gasteiger partial charge in [0.15, 0.2) is 6.61 Å². The molecule has 2 aromatic carbocycles. The number of nitrogens with one attached hydrogen (secondary N) is 1. The molecule has 0 heterocycles. The maximum absolute atomic E-state index is 12.7. The number of hydrogen-bond donors (Lipinski definition) is 1. The van der Waals surface area contributed by atoms with Crippen LogP contribution in [0.2, 0.25) is 5.02 Å². The highest BCUT2D eigenvalue weighted by Crippen LogP contribution is 2.23. The molecule has 0 bridgehead atoms. The maximum Gasteiger partial charge on any atom is 0.340 e. The van der Waals surface area contributed by atoms with Crippen molar-refractivity contribution in [3.8, 4) is 0 Å². The molecule has 2 rings (SSSR count). The average molecular weight is 453 g/mol. The molecule has 0 aliphatic carbocycles. The summed E-state index contributed by atoms with van der Waals surface area (Å²) in [6.45, 7) is 5.53. The number of nitrogens with zero attached hydrogens (tertiary/aromatic N) is 1. The van der Waals surface area contributed by atoms with Crippen molar-refractivity contribution in [2.75, 3.05) is 25.0 Å². The number of carbonyl (C=O) groups excluding carboxylic acids is 2. The number of halogens is 1. The molecule has 9 heteroatoms. The lowest BCUT2D eigenvalue weighted by molar-refractivity contribution is -0.119. The minimum absolute atomic E-state index is 0.0362. The molecule has 0 aliphatic heterocycles. The second kappa shape index (κ2) is 10.6. The Bertz CT molecular complexity index is 1000. The molecule has 2 aromatic rings. The standard InChI is InChI=1S/C21H25ClN2O5S/c1-4-15-7-9-16(10-8-15)23-20(25)14-29-21(26)18-13-17(11-12-19(18)22)30(27,28)24(5-2)6-3/h7-13H,4-6,14H2,1-3H3,(H,23,25). The lowest BCUT2D eigenvalue weighted by Gasteiger charge is -2.19. The Morgan fingerprint density at radius 1 is 1.03 bits per heavy atom. The van der Waals surface area contributed by atoms with Crippen LogP contribution in [0, 0.1) is 0 Å². The van der Waals surface area contributed by atoms with Crippen molar-refractivity contribution in [1.82, 2.24) is 4.31 Å². The molecule has 0 unspecified atom stereocenters. The first-order valence-corrected chi connectivity index (χ1v) is 11.4. The van der Waals surface area contributed by atoms with Gasteiger partial charge in [0.25, 0.3) is 5.91 Å². The highest BCUT2D eigenvalue weighted by atomic mass is 35.5. The fourth-order valence-electron chi connectivity index (χ4n) is 2.76. The minimum atomic E-state index is -3.76. The van der Waals surface area contributed by atoms with Crippen molar-refractivity contribution in [3.63, 3.8) is 0 Å². The van der Waals surface area contributed by atoms with Gasteiger partial charge in [-0.25, -0.2) is 13.2 Å². The SMILES string of the molecule is CCc1ccc(NC(=O)COC(=O)c2cc(S(=O)(=O)N(CC)CC)ccc2Cl)cc1. The summed E-state index contributed by atoms with van der Waals surface area (Å²) in [4.78, 5) is 24.4. The zero-order valence-electron chi connectivity index (χ0n) is 17.1. The number of benzene rings is 2. The van der Waals surface area contributed by atoms with Crippen LogP contribution >= 0.6 is 11.6 Å². The number of esters is 1. The number of aryl methyl sites for hydroxylation is 1. The fourth-order valence-corrected chi connectivity index (χ4v) is 4.44. The van der Waals surface area contributed by atoms with Gasteiger partial charge < -0.3 is 10.1 Å². The smallest absolute Gasteiger partial charge is 0.340 e. The Balaban J connectivity index is 2.08. The van der Waals surface area contributed by atoms with Crippen LogP contribution in [-0.4, -0.2) is 44.3 Å². The number of carbonyl (C=O) groups is 2. The fraction of sp³-hybridized carbons (Fsp3) is 0.333. The molecular formula is C21H25ClN2O5S. The Labute approximate surface area is 182 Å². The van der Waals surface area contributed by atoms with Gasteiger partial charge in [0.1, 0.15) is 0 Å². The molecule has 1 N–H and O–H groups in total. The van der Waals surface area contributed by atoms with E-state index in [1.54, 1.807) is 26.0 Å². The van der Waals surface area contributed by atoms with Gasteiger partial charge in [-0.1, -0.05) is 44.5 Å². The van der Waals surface area contributed by atoms with Crippen molar-refractivity contribution in [2.24, 2.45) is 0 Å². The zero-order chi connectivity index (χ0) is 22.3. The molecule has 7 nitrogen and oxygen atoms in total. The number of rotatable bonds is 9. The van der Waals surface area contributed by atoms with Gasteiger partial charge in [0.05, 0.1) is 15.5 Å². The van der Waals surface area contributed by atoms with Gasteiger partial charge >= 0.3 is 5.97 Å².